The third kappa shape index (κ3) is 5.45. The highest BCUT2D eigenvalue weighted by Crippen LogP contribution is 2.07. The van der Waals surface area contributed by atoms with Crippen LogP contribution in [-0.2, 0) is 30.7 Å². The monoisotopic (exact) mass is 252 g/mol. The molecule has 98 valence electrons. The van der Waals surface area contributed by atoms with Crippen molar-refractivity contribution in [3.8, 4) is 0 Å². The first-order valence-electron chi connectivity index (χ1n) is 5.49. The van der Waals surface area contributed by atoms with Gasteiger partial charge in [0, 0.05) is 0 Å². The summed E-state index contributed by atoms with van der Waals surface area (Å²) >= 11 is 0. The van der Waals surface area contributed by atoms with Crippen molar-refractivity contribution in [3.05, 3.63) is 35.9 Å². The van der Waals surface area contributed by atoms with Crippen molar-refractivity contribution in [2.75, 3.05) is 0 Å². The van der Waals surface area contributed by atoms with Gasteiger partial charge < -0.3 is 4.74 Å². The minimum Gasteiger partial charge on any atom is -0.452 e. The van der Waals surface area contributed by atoms with Crippen molar-refractivity contribution in [2.24, 2.45) is 0 Å². The van der Waals surface area contributed by atoms with Gasteiger partial charge in [0.25, 0.3) is 0 Å². The van der Waals surface area contributed by atoms with Crippen molar-refractivity contribution >= 4 is 11.9 Å². The van der Waals surface area contributed by atoms with Gasteiger partial charge >= 0.3 is 11.9 Å². The summed E-state index contributed by atoms with van der Waals surface area (Å²) in [5.41, 5.74) is 0.116. The molecule has 18 heavy (non-hydrogen) atoms. The normalized spacial score (nSPS) is 10.8. The molecular formula is C13H16O5. The van der Waals surface area contributed by atoms with E-state index in [-0.39, 0.29) is 6.61 Å². The highest BCUT2D eigenvalue weighted by Gasteiger charge is 2.22. The Morgan fingerprint density at radius 3 is 2.22 bits per heavy atom. The van der Waals surface area contributed by atoms with E-state index < -0.39 is 17.5 Å². The Morgan fingerprint density at radius 2 is 1.67 bits per heavy atom. The van der Waals surface area contributed by atoms with Gasteiger partial charge in [0.1, 0.15) is 12.2 Å². The summed E-state index contributed by atoms with van der Waals surface area (Å²) < 4.78 is 4.76. The maximum atomic E-state index is 11.3. The molecule has 0 unspecified atom stereocenters. The second kappa shape index (κ2) is 6.16. The van der Waals surface area contributed by atoms with Crippen LogP contribution < -0.4 is 0 Å². The molecule has 0 atom stereocenters. The minimum atomic E-state index is -1.17. The Morgan fingerprint density at radius 1 is 1.06 bits per heavy atom. The summed E-state index contributed by atoms with van der Waals surface area (Å²) in [6, 6.07) is 9.03. The predicted molar refractivity (Wildman–Crippen MR) is 63.2 cm³/mol. The zero-order valence-corrected chi connectivity index (χ0v) is 10.6. The van der Waals surface area contributed by atoms with Crippen LogP contribution in [0.2, 0.25) is 0 Å². The molecular weight excluding hydrogens is 236 g/mol. The van der Waals surface area contributed by atoms with Crippen LogP contribution in [0.4, 0.5) is 0 Å². The molecule has 0 bridgehead atoms. The molecule has 0 heterocycles. The lowest BCUT2D eigenvalue weighted by atomic mass is 10.2. The van der Waals surface area contributed by atoms with Crippen molar-refractivity contribution in [2.45, 2.75) is 33.0 Å². The van der Waals surface area contributed by atoms with Gasteiger partial charge in [0.05, 0.1) is 0 Å². The second-order valence-electron chi connectivity index (χ2n) is 4.63. The molecule has 1 aromatic carbocycles. The molecule has 0 saturated carbocycles. The van der Waals surface area contributed by atoms with Crippen LogP contribution in [0.5, 0.6) is 0 Å². The molecule has 0 amide bonds. The molecule has 0 aliphatic heterocycles. The number of hydrogen-bond donors (Lipinski definition) is 0. The SMILES string of the molecule is CC(C)(C)OOC(=O)C(=O)OCc1ccccc1. The lowest BCUT2D eigenvalue weighted by Gasteiger charge is -2.15. The molecule has 0 saturated heterocycles. The Balaban J connectivity index is 2.35. The molecule has 0 spiro atoms. The zero-order chi connectivity index (χ0) is 13.6. The van der Waals surface area contributed by atoms with Crippen LogP contribution in [0.1, 0.15) is 26.3 Å². The maximum Gasteiger partial charge on any atom is 0.449 e. The van der Waals surface area contributed by atoms with Gasteiger partial charge in [0.15, 0.2) is 0 Å². The van der Waals surface area contributed by atoms with E-state index in [1.54, 1.807) is 32.9 Å². The first-order valence-corrected chi connectivity index (χ1v) is 5.49. The van der Waals surface area contributed by atoms with Crippen molar-refractivity contribution in [3.63, 3.8) is 0 Å². The fourth-order valence-corrected chi connectivity index (χ4v) is 0.979. The highest BCUT2D eigenvalue weighted by atomic mass is 17.2. The number of hydrogen-bond acceptors (Lipinski definition) is 5. The Bertz CT molecular complexity index is 405. The van der Waals surface area contributed by atoms with Crippen LogP contribution in [-0.4, -0.2) is 17.5 Å². The number of benzene rings is 1. The van der Waals surface area contributed by atoms with Gasteiger partial charge in [-0.1, -0.05) is 30.3 Å². The molecule has 5 heteroatoms. The minimum absolute atomic E-state index is 0.0181. The summed E-state index contributed by atoms with van der Waals surface area (Å²) in [7, 11) is 0. The number of carbonyl (C=O) groups excluding carboxylic acids is 2. The highest BCUT2D eigenvalue weighted by molar-refractivity contribution is 6.29. The first-order chi connectivity index (χ1) is 8.38. The number of ether oxygens (including phenoxy) is 1. The standard InChI is InChI=1S/C13H16O5/c1-13(2,3)18-17-12(15)11(14)16-9-10-7-5-4-6-8-10/h4-8H,9H2,1-3H3. The molecule has 0 aliphatic rings. The van der Waals surface area contributed by atoms with Crippen molar-refractivity contribution in [1.82, 2.24) is 0 Å². The van der Waals surface area contributed by atoms with Crippen LogP contribution >= 0.6 is 0 Å². The Hall–Kier alpha value is -1.88. The molecule has 1 aromatic rings. The quantitative estimate of drug-likeness (QED) is 0.356. The molecule has 1 rings (SSSR count). The van der Waals surface area contributed by atoms with E-state index >= 15 is 0 Å². The molecule has 0 radical (unpaired) electrons. The van der Waals surface area contributed by atoms with E-state index in [9.17, 15) is 9.59 Å². The maximum absolute atomic E-state index is 11.3. The van der Waals surface area contributed by atoms with Crippen LogP contribution in [0.3, 0.4) is 0 Å². The second-order valence-corrected chi connectivity index (χ2v) is 4.63. The fourth-order valence-electron chi connectivity index (χ4n) is 0.979. The van der Waals surface area contributed by atoms with E-state index in [1.165, 1.54) is 0 Å². The van der Waals surface area contributed by atoms with Crippen molar-refractivity contribution < 1.29 is 24.1 Å². The largest absolute Gasteiger partial charge is 0.452 e. The summed E-state index contributed by atoms with van der Waals surface area (Å²) in [5, 5.41) is 0. The molecule has 0 aromatic heterocycles. The van der Waals surface area contributed by atoms with Crippen LogP contribution in [0, 0.1) is 0 Å². The number of esters is 1. The van der Waals surface area contributed by atoms with Gasteiger partial charge in [-0.15, -0.1) is 0 Å². The summed E-state index contributed by atoms with van der Waals surface area (Å²) in [5.74, 6) is -2.25. The summed E-state index contributed by atoms with van der Waals surface area (Å²) in [6.07, 6.45) is 0. The Kier molecular flexibility index (Phi) is 4.85. The summed E-state index contributed by atoms with van der Waals surface area (Å²) in [4.78, 5) is 31.5. The number of carbonyl (C=O) groups is 2. The van der Waals surface area contributed by atoms with E-state index in [0.717, 1.165) is 5.56 Å². The van der Waals surface area contributed by atoms with Gasteiger partial charge in [-0.25, -0.2) is 9.59 Å². The Labute approximate surface area is 106 Å². The van der Waals surface area contributed by atoms with E-state index in [4.69, 9.17) is 9.62 Å². The van der Waals surface area contributed by atoms with Gasteiger partial charge in [-0.3, -0.25) is 4.89 Å². The molecule has 0 N–H and O–H groups in total. The zero-order valence-electron chi connectivity index (χ0n) is 10.6. The average molecular weight is 252 g/mol. The predicted octanol–water partition coefficient (Wildman–Crippen LogP) is 2.00. The fraction of sp³-hybridized carbons (Fsp3) is 0.385. The lowest BCUT2D eigenvalue weighted by Crippen LogP contribution is -2.26. The van der Waals surface area contributed by atoms with Gasteiger partial charge in [0.2, 0.25) is 0 Å². The van der Waals surface area contributed by atoms with Gasteiger partial charge in [-0.05, 0) is 26.3 Å². The molecule has 5 nitrogen and oxygen atoms in total. The smallest absolute Gasteiger partial charge is 0.449 e. The van der Waals surface area contributed by atoms with Gasteiger partial charge in [-0.2, -0.15) is 4.89 Å². The van der Waals surface area contributed by atoms with Crippen LogP contribution in [0.15, 0.2) is 30.3 Å². The van der Waals surface area contributed by atoms with E-state index in [2.05, 4.69) is 4.89 Å². The first kappa shape index (κ1) is 14.2. The van der Waals surface area contributed by atoms with Crippen LogP contribution in [0.25, 0.3) is 0 Å². The summed E-state index contributed by atoms with van der Waals surface area (Å²) in [6.45, 7) is 5.09. The third-order valence-electron chi connectivity index (χ3n) is 1.75. The number of rotatable bonds is 3. The lowest BCUT2D eigenvalue weighted by molar-refractivity contribution is -0.319. The topological polar surface area (TPSA) is 61.8 Å². The van der Waals surface area contributed by atoms with E-state index in [0.29, 0.717) is 0 Å². The average Bonchev–Trinajstić information content (AvgIpc) is 2.33. The molecule has 0 aliphatic carbocycles. The molecule has 0 fully saturated rings. The van der Waals surface area contributed by atoms with E-state index in [1.807, 2.05) is 18.2 Å². The van der Waals surface area contributed by atoms with Crippen molar-refractivity contribution in [1.29, 1.82) is 0 Å². The third-order valence-corrected chi connectivity index (χ3v) is 1.75.